The van der Waals surface area contributed by atoms with Gasteiger partial charge in [0.05, 0.1) is 5.39 Å². The molecule has 3 aromatic rings. The summed E-state index contributed by atoms with van der Waals surface area (Å²) < 4.78 is 0. The first-order valence-corrected chi connectivity index (χ1v) is 5.34. The largest absolute Gasteiger partial charge is 0.346 e. The number of benzene rings is 1. The van der Waals surface area contributed by atoms with Crippen LogP contribution in [0.25, 0.3) is 11.0 Å². The van der Waals surface area contributed by atoms with Crippen LogP contribution >= 0.6 is 0 Å². The minimum Gasteiger partial charge on any atom is -0.346 e. The maximum atomic E-state index is 4.34. The molecule has 0 aliphatic rings. The number of hydrogen-bond donors (Lipinski definition) is 1. The molecule has 0 spiro atoms. The standard InChI is InChI=1S/C13H11N4/c1-17(10-5-3-2-4-6-10)13-11-7-8-14-12(11)15-9-16-13/h2-3,5-9H,1H3,(H,14,15,16). The third kappa shape index (κ3) is 1.63. The van der Waals surface area contributed by atoms with Crippen LogP contribution in [-0.4, -0.2) is 22.0 Å². The van der Waals surface area contributed by atoms with Crippen molar-refractivity contribution in [1.29, 1.82) is 0 Å². The zero-order valence-electron chi connectivity index (χ0n) is 9.38. The lowest BCUT2D eigenvalue weighted by Crippen LogP contribution is -2.11. The number of aromatic nitrogens is 3. The number of hydrogen-bond acceptors (Lipinski definition) is 3. The molecule has 1 aromatic carbocycles. The van der Waals surface area contributed by atoms with Crippen molar-refractivity contribution in [3.63, 3.8) is 0 Å². The molecule has 2 heterocycles. The normalized spacial score (nSPS) is 10.6. The van der Waals surface area contributed by atoms with Gasteiger partial charge in [-0.05, 0) is 24.3 Å². The molecule has 0 amide bonds. The van der Waals surface area contributed by atoms with Crippen molar-refractivity contribution in [3.8, 4) is 0 Å². The predicted octanol–water partition coefficient (Wildman–Crippen LogP) is 2.53. The van der Waals surface area contributed by atoms with Crippen molar-refractivity contribution < 1.29 is 0 Å². The van der Waals surface area contributed by atoms with Crippen molar-refractivity contribution >= 4 is 22.5 Å². The van der Waals surface area contributed by atoms with Gasteiger partial charge in [-0.3, -0.25) is 0 Å². The van der Waals surface area contributed by atoms with Crippen LogP contribution < -0.4 is 4.90 Å². The second kappa shape index (κ2) is 3.90. The average Bonchev–Trinajstić information content (AvgIpc) is 2.87. The van der Waals surface area contributed by atoms with E-state index in [4.69, 9.17) is 0 Å². The minimum atomic E-state index is 0.849. The smallest absolute Gasteiger partial charge is 0.145 e. The summed E-state index contributed by atoms with van der Waals surface area (Å²) in [4.78, 5) is 13.6. The fourth-order valence-corrected chi connectivity index (χ4v) is 1.84. The minimum absolute atomic E-state index is 0.849. The molecule has 1 N–H and O–H groups in total. The van der Waals surface area contributed by atoms with E-state index in [1.807, 2.05) is 48.5 Å². The summed E-state index contributed by atoms with van der Waals surface area (Å²) in [5, 5.41) is 1.01. The van der Waals surface area contributed by atoms with E-state index in [1.54, 1.807) is 6.33 Å². The number of aromatic amines is 1. The highest BCUT2D eigenvalue weighted by Gasteiger charge is 2.10. The molecule has 2 aromatic heterocycles. The Hall–Kier alpha value is -2.36. The molecule has 4 nitrogen and oxygen atoms in total. The predicted molar refractivity (Wildman–Crippen MR) is 67.2 cm³/mol. The second-order valence-electron chi connectivity index (χ2n) is 3.76. The first kappa shape index (κ1) is 9.84. The molecule has 17 heavy (non-hydrogen) atoms. The van der Waals surface area contributed by atoms with Gasteiger partial charge < -0.3 is 9.88 Å². The zero-order valence-corrected chi connectivity index (χ0v) is 9.38. The molecule has 1 radical (unpaired) electrons. The van der Waals surface area contributed by atoms with E-state index in [9.17, 15) is 0 Å². The van der Waals surface area contributed by atoms with Crippen molar-refractivity contribution in [1.82, 2.24) is 15.0 Å². The van der Waals surface area contributed by atoms with Crippen molar-refractivity contribution in [2.24, 2.45) is 0 Å². The summed E-state index contributed by atoms with van der Waals surface area (Å²) in [6.07, 6.45) is 3.44. The Balaban J connectivity index is 2.13. The quantitative estimate of drug-likeness (QED) is 0.726. The molecular weight excluding hydrogens is 212 g/mol. The van der Waals surface area contributed by atoms with E-state index in [2.05, 4.69) is 21.0 Å². The van der Waals surface area contributed by atoms with Crippen LogP contribution in [0.4, 0.5) is 11.5 Å². The highest BCUT2D eigenvalue weighted by Crippen LogP contribution is 2.26. The summed E-state index contributed by atoms with van der Waals surface area (Å²) in [5.41, 5.74) is 1.90. The summed E-state index contributed by atoms with van der Waals surface area (Å²) in [5.74, 6) is 0.885. The molecule has 4 heteroatoms. The van der Waals surface area contributed by atoms with Crippen LogP contribution in [0.5, 0.6) is 0 Å². The van der Waals surface area contributed by atoms with Gasteiger partial charge in [0.15, 0.2) is 0 Å². The fraction of sp³-hybridized carbons (Fsp3) is 0.0769. The van der Waals surface area contributed by atoms with Crippen LogP contribution in [0.1, 0.15) is 0 Å². The lowest BCUT2D eigenvalue weighted by atomic mass is 10.3. The van der Waals surface area contributed by atoms with Gasteiger partial charge in [0.25, 0.3) is 0 Å². The molecule has 0 bridgehead atoms. The Morgan fingerprint density at radius 2 is 2.24 bits per heavy atom. The Kier molecular flexibility index (Phi) is 2.26. The molecular formula is C13H11N4. The highest BCUT2D eigenvalue weighted by molar-refractivity contribution is 5.89. The first-order valence-electron chi connectivity index (χ1n) is 5.34. The molecule has 3 rings (SSSR count). The van der Waals surface area contributed by atoms with Crippen molar-refractivity contribution in [2.75, 3.05) is 11.9 Å². The molecule has 0 aliphatic carbocycles. The molecule has 0 atom stereocenters. The molecule has 83 valence electrons. The van der Waals surface area contributed by atoms with E-state index in [-0.39, 0.29) is 0 Å². The van der Waals surface area contributed by atoms with Gasteiger partial charge in [0.1, 0.15) is 17.8 Å². The number of H-pyrrole nitrogens is 1. The number of rotatable bonds is 2. The van der Waals surface area contributed by atoms with E-state index < -0.39 is 0 Å². The Morgan fingerprint density at radius 3 is 3.06 bits per heavy atom. The third-order valence-corrected chi connectivity index (χ3v) is 2.73. The molecule has 0 unspecified atom stereocenters. The van der Waals surface area contributed by atoms with Crippen LogP contribution in [0, 0.1) is 6.07 Å². The third-order valence-electron chi connectivity index (χ3n) is 2.73. The van der Waals surface area contributed by atoms with Gasteiger partial charge in [-0.2, -0.15) is 0 Å². The number of fused-ring (bicyclic) bond motifs is 1. The Morgan fingerprint density at radius 1 is 1.29 bits per heavy atom. The van der Waals surface area contributed by atoms with Crippen LogP contribution in [0.2, 0.25) is 0 Å². The lowest BCUT2D eigenvalue weighted by molar-refractivity contribution is 1.11. The number of anilines is 2. The monoisotopic (exact) mass is 223 g/mol. The summed E-state index contributed by atoms with van der Waals surface area (Å²) in [6.45, 7) is 0. The summed E-state index contributed by atoms with van der Waals surface area (Å²) in [7, 11) is 1.98. The summed E-state index contributed by atoms with van der Waals surface area (Å²) >= 11 is 0. The van der Waals surface area contributed by atoms with E-state index in [0.717, 1.165) is 22.5 Å². The second-order valence-corrected chi connectivity index (χ2v) is 3.76. The van der Waals surface area contributed by atoms with Gasteiger partial charge in [0, 0.05) is 18.9 Å². The van der Waals surface area contributed by atoms with Crippen LogP contribution in [0.3, 0.4) is 0 Å². The van der Waals surface area contributed by atoms with E-state index in [1.165, 1.54) is 0 Å². The van der Waals surface area contributed by atoms with E-state index in [0.29, 0.717) is 0 Å². The van der Waals surface area contributed by atoms with Gasteiger partial charge in [-0.25, -0.2) is 9.97 Å². The van der Waals surface area contributed by atoms with Crippen LogP contribution in [-0.2, 0) is 0 Å². The summed E-state index contributed by atoms with van der Waals surface area (Å²) in [6, 6.07) is 12.8. The fourth-order valence-electron chi connectivity index (χ4n) is 1.84. The maximum Gasteiger partial charge on any atom is 0.145 e. The van der Waals surface area contributed by atoms with Gasteiger partial charge in [0.2, 0.25) is 0 Å². The van der Waals surface area contributed by atoms with Crippen molar-refractivity contribution in [3.05, 3.63) is 48.9 Å². The number of nitrogens with zero attached hydrogens (tertiary/aromatic N) is 3. The Labute approximate surface area is 98.9 Å². The maximum absolute atomic E-state index is 4.34. The van der Waals surface area contributed by atoms with Gasteiger partial charge in [-0.15, -0.1) is 0 Å². The van der Waals surface area contributed by atoms with Gasteiger partial charge in [-0.1, -0.05) is 12.1 Å². The lowest BCUT2D eigenvalue weighted by Gasteiger charge is -2.18. The Bertz CT molecular complexity index is 630. The molecule has 0 saturated carbocycles. The highest BCUT2D eigenvalue weighted by atomic mass is 15.2. The van der Waals surface area contributed by atoms with Crippen molar-refractivity contribution in [2.45, 2.75) is 0 Å². The number of nitrogens with one attached hydrogen (secondary N) is 1. The topological polar surface area (TPSA) is 44.8 Å². The van der Waals surface area contributed by atoms with Crippen LogP contribution in [0.15, 0.2) is 42.9 Å². The zero-order chi connectivity index (χ0) is 11.7. The molecule has 0 aliphatic heterocycles. The van der Waals surface area contributed by atoms with E-state index >= 15 is 0 Å². The average molecular weight is 223 g/mol. The van der Waals surface area contributed by atoms with Gasteiger partial charge >= 0.3 is 0 Å². The molecule has 0 fully saturated rings. The SMILES string of the molecule is CN(c1c[c]ccc1)c1ncnc2[nH]ccc12. The molecule has 0 saturated heterocycles. The first-order chi connectivity index (χ1) is 8.36.